The van der Waals surface area contributed by atoms with Gasteiger partial charge in [-0.05, 0) is 37.1 Å². The molecule has 0 unspecified atom stereocenters. The number of carbonyl (C=O) groups is 1. The first kappa shape index (κ1) is 20.1. The van der Waals surface area contributed by atoms with E-state index in [0.29, 0.717) is 26.1 Å². The molecule has 150 valence electrons. The van der Waals surface area contributed by atoms with Crippen LogP contribution < -0.4 is 15.8 Å². The highest BCUT2D eigenvalue weighted by atomic mass is 19.4. The molecule has 3 N–H and O–H groups in total. The van der Waals surface area contributed by atoms with Crippen molar-refractivity contribution < 1.29 is 31.8 Å². The number of hydrogen-bond acceptors (Lipinski definition) is 4. The first-order valence-corrected chi connectivity index (χ1v) is 8.51. The molecular weight excluding hydrogens is 380 g/mol. The van der Waals surface area contributed by atoms with Crippen LogP contribution >= 0.6 is 0 Å². The van der Waals surface area contributed by atoms with Gasteiger partial charge in [0.25, 0.3) is 0 Å². The summed E-state index contributed by atoms with van der Waals surface area (Å²) in [4.78, 5) is 12.4. The van der Waals surface area contributed by atoms with E-state index in [0.717, 1.165) is 24.3 Å². The van der Waals surface area contributed by atoms with Crippen LogP contribution in [-0.2, 0) is 15.7 Å². The Morgan fingerprint density at radius 3 is 2.43 bits per heavy atom. The average Bonchev–Trinajstić information content (AvgIpc) is 2.64. The molecule has 1 fully saturated rings. The lowest BCUT2D eigenvalue weighted by atomic mass is 9.90. The van der Waals surface area contributed by atoms with Crippen LogP contribution in [-0.4, -0.2) is 24.7 Å². The van der Waals surface area contributed by atoms with Crippen LogP contribution in [0.2, 0.25) is 0 Å². The molecule has 9 heteroatoms. The minimum atomic E-state index is -4.64. The van der Waals surface area contributed by atoms with Crippen molar-refractivity contribution >= 4 is 11.6 Å². The maximum atomic E-state index is 14.3. The summed E-state index contributed by atoms with van der Waals surface area (Å²) in [5, 5.41) is 2.52. The van der Waals surface area contributed by atoms with Crippen LogP contribution in [0.25, 0.3) is 0 Å². The van der Waals surface area contributed by atoms with E-state index in [1.54, 1.807) is 0 Å². The molecule has 1 aliphatic heterocycles. The maximum absolute atomic E-state index is 14.3. The highest BCUT2D eigenvalue weighted by molar-refractivity contribution is 5.98. The molecule has 3 rings (SSSR count). The van der Waals surface area contributed by atoms with Crippen LogP contribution in [0.15, 0.2) is 42.5 Å². The van der Waals surface area contributed by atoms with Gasteiger partial charge < -0.3 is 20.5 Å². The Kier molecular flexibility index (Phi) is 5.57. The van der Waals surface area contributed by atoms with E-state index in [-0.39, 0.29) is 5.69 Å². The van der Waals surface area contributed by atoms with Crippen molar-refractivity contribution in [1.82, 2.24) is 0 Å². The average molecular weight is 398 g/mol. The summed E-state index contributed by atoms with van der Waals surface area (Å²) in [6.07, 6.45) is -3.98. The van der Waals surface area contributed by atoms with Gasteiger partial charge in [-0.15, -0.1) is 0 Å². The van der Waals surface area contributed by atoms with Gasteiger partial charge in [0.05, 0.1) is 5.56 Å². The zero-order chi connectivity index (χ0) is 20.4. The van der Waals surface area contributed by atoms with Crippen LogP contribution in [0.4, 0.5) is 23.2 Å². The number of benzene rings is 2. The van der Waals surface area contributed by atoms with Crippen molar-refractivity contribution in [2.24, 2.45) is 5.73 Å². The third-order valence-corrected chi connectivity index (χ3v) is 4.44. The fourth-order valence-electron chi connectivity index (χ4n) is 2.79. The second kappa shape index (κ2) is 7.76. The molecule has 2 aromatic carbocycles. The van der Waals surface area contributed by atoms with Gasteiger partial charge >= 0.3 is 6.18 Å². The van der Waals surface area contributed by atoms with Crippen LogP contribution in [0.1, 0.15) is 18.4 Å². The third kappa shape index (κ3) is 4.42. The van der Waals surface area contributed by atoms with E-state index in [9.17, 15) is 22.4 Å². The molecule has 28 heavy (non-hydrogen) atoms. The van der Waals surface area contributed by atoms with Gasteiger partial charge in [0.1, 0.15) is 11.3 Å². The number of nitrogens with two attached hydrogens (primary N) is 1. The molecular formula is C19H18F4N2O3. The molecule has 1 saturated heterocycles. The fourth-order valence-corrected chi connectivity index (χ4v) is 2.79. The first-order valence-electron chi connectivity index (χ1n) is 8.51. The Morgan fingerprint density at radius 1 is 1.11 bits per heavy atom. The Hall–Kier alpha value is -2.65. The van der Waals surface area contributed by atoms with Gasteiger partial charge in [0.2, 0.25) is 5.91 Å². The Labute approximate surface area is 158 Å². The maximum Gasteiger partial charge on any atom is 0.419 e. The predicted octanol–water partition coefficient (Wildman–Crippen LogP) is 4.08. The summed E-state index contributed by atoms with van der Waals surface area (Å²) >= 11 is 0. The van der Waals surface area contributed by atoms with Crippen molar-refractivity contribution in [2.75, 3.05) is 18.5 Å². The number of para-hydroxylation sites is 1. The summed E-state index contributed by atoms with van der Waals surface area (Å²) in [7, 11) is 0. The molecule has 0 radical (unpaired) electrons. The molecule has 2 aromatic rings. The SMILES string of the molecule is NC1(C(=O)Nc2ccc(Oc3ccccc3C(F)(F)F)c(F)c2)CCOCC1. The third-order valence-electron chi connectivity index (χ3n) is 4.44. The normalized spacial score (nSPS) is 16.5. The molecule has 1 amide bonds. The van der Waals surface area contributed by atoms with Gasteiger partial charge in [-0.1, -0.05) is 12.1 Å². The number of ether oxygens (including phenoxy) is 2. The number of halogens is 4. The molecule has 0 saturated carbocycles. The molecule has 1 heterocycles. The lowest BCUT2D eigenvalue weighted by Crippen LogP contribution is -2.54. The summed E-state index contributed by atoms with van der Waals surface area (Å²) < 4.78 is 63.7. The van der Waals surface area contributed by atoms with E-state index < -0.39 is 40.5 Å². The van der Waals surface area contributed by atoms with Gasteiger partial charge in [0.15, 0.2) is 11.6 Å². The van der Waals surface area contributed by atoms with E-state index in [1.165, 1.54) is 18.2 Å². The highest BCUT2D eigenvalue weighted by Crippen LogP contribution is 2.38. The fraction of sp³-hybridized carbons (Fsp3) is 0.316. The van der Waals surface area contributed by atoms with Gasteiger partial charge in [-0.25, -0.2) is 4.39 Å². The van der Waals surface area contributed by atoms with Crippen LogP contribution in [0.3, 0.4) is 0 Å². The summed E-state index contributed by atoms with van der Waals surface area (Å²) in [5.41, 5.74) is 4.05. The summed E-state index contributed by atoms with van der Waals surface area (Å²) in [5.74, 6) is -2.32. The number of anilines is 1. The van der Waals surface area contributed by atoms with Crippen molar-refractivity contribution in [3.63, 3.8) is 0 Å². The lowest BCUT2D eigenvalue weighted by Gasteiger charge is -2.31. The number of hydrogen-bond donors (Lipinski definition) is 2. The van der Waals surface area contributed by atoms with Crippen molar-refractivity contribution in [3.05, 3.63) is 53.8 Å². The van der Waals surface area contributed by atoms with Crippen LogP contribution in [0, 0.1) is 5.82 Å². The molecule has 0 aliphatic carbocycles. The van der Waals surface area contributed by atoms with Gasteiger partial charge in [-0.2, -0.15) is 13.2 Å². The predicted molar refractivity (Wildman–Crippen MR) is 93.5 cm³/mol. The minimum Gasteiger partial charge on any atom is -0.454 e. The largest absolute Gasteiger partial charge is 0.454 e. The molecule has 0 atom stereocenters. The molecule has 1 aliphatic rings. The quantitative estimate of drug-likeness (QED) is 0.761. The Balaban J connectivity index is 1.76. The first-order chi connectivity index (χ1) is 13.2. The van der Waals surface area contributed by atoms with Gasteiger partial charge in [0, 0.05) is 25.0 Å². The summed E-state index contributed by atoms with van der Waals surface area (Å²) in [6, 6.07) is 7.94. The smallest absolute Gasteiger partial charge is 0.419 e. The minimum absolute atomic E-state index is 0.121. The molecule has 0 spiro atoms. The second-order valence-electron chi connectivity index (χ2n) is 6.46. The number of nitrogens with one attached hydrogen (secondary N) is 1. The zero-order valence-corrected chi connectivity index (χ0v) is 14.7. The van der Waals surface area contributed by atoms with Crippen molar-refractivity contribution in [3.8, 4) is 11.5 Å². The molecule has 0 aromatic heterocycles. The van der Waals surface area contributed by atoms with E-state index in [4.69, 9.17) is 15.2 Å². The number of amides is 1. The Morgan fingerprint density at radius 2 is 1.79 bits per heavy atom. The van der Waals surface area contributed by atoms with E-state index >= 15 is 0 Å². The number of carbonyl (C=O) groups excluding carboxylic acids is 1. The second-order valence-corrected chi connectivity index (χ2v) is 6.46. The van der Waals surface area contributed by atoms with E-state index in [2.05, 4.69) is 5.32 Å². The molecule has 5 nitrogen and oxygen atoms in total. The zero-order valence-electron chi connectivity index (χ0n) is 14.7. The number of rotatable bonds is 4. The lowest BCUT2D eigenvalue weighted by molar-refractivity contribution is -0.138. The van der Waals surface area contributed by atoms with Crippen molar-refractivity contribution in [1.29, 1.82) is 0 Å². The topological polar surface area (TPSA) is 73.6 Å². The van der Waals surface area contributed by atoms with Crippen LogP contribution in [0.5, 0.6) is 11.5 Å². The molecule has 0 bridgehead atoms. The number of alkyl halides is 3. The van der Waals surface area contributed by atoms with Gasteiger partial charge in [-0.3, -0.25) is 4.79 Å². The Bertz CT molecular complexity index is 864. The summed E-state index contributed by atoms with van der Waals surface area (Å²) in [6.45, 7) is 0.702. The van der Waals surface area contributed by atoms with E-state index in [1.807, 2.05) is 0 Å². The monoisotopic (exact) mass is 398 g/mol. The standard InChI is InChI=1S/C19H18F4N2O3/c20-14-11-12(25-17(26)18(24)7-9-27-10-8-18)5-6-16(14)28-15-4-2-1-3-13(15)19(21,22)23/h1-6,11H,7-10,24H2,(H,25,26). The van der Waals surface area contributed by atoms with Crippen molar-refractivity contribution in [2.45, 2.75) is 24.6 Å². The highest BCUT2D eigenvalue weighted by Gasteiger charge is 2.36.